The third-order valence-corrected chi connectivity index (χ3v) is 9.08. The van der Waals surface area contributed by atoms with Gasteiger partial charge in [0.25, 0.3) is 5.91 Å². The van der Waals surface area contributed by atoms with Gasteiger partial charge in [0.1, 0.15) is 0 Å². The van der Waals surface area contributed by atoms with Crippen molar-refractivity contribution in [1.29, 1.82) is 0 Å². The normalized spacial score (nSPS) is 32.9. The van der Waals surface area contributed by atoms with Crippen molar-refractivity contribution in [1.82, 2.24) is 9.80 Å². The average Bonchev–Trinajstić information content (AvgIpc) is 3.07. The van der Waals surface area contributed by atoms with Gasteiger partial charge < -0.3 is 20.8 Å². The first kappa shape index (κ1) is 25.4. The van der Waals surface area contributed by atoms with Crippen LogP contribution in [0.4, 0.5) is 0 Å². The standard InChI is InChI=1S/C27H43N3O4/c1-27(11-5-8-20(16-27)25(28)33)21-14-22-9-10-23(15-21)30(22)13-12-29(26(34)24(32)18-31)17-19-6-3-2-4-7-19/h5,8,11,19,21-24,31-32H,2-4,6-7,9-10,12-18H2,1H3,(H2,28,33)/t21-,22+,23-,24-,27?/m0/s1. The minimum atomic E-state index is -1.32. The number of aliphatic hydroxyl groups excluding tert-OH is 2. The van der Waals surface area contributed by atoms with Gasteiger partial charge in [0.15, 0.2) is 6.10 Å². The molecule has 5 atom stereocenters. The summed E-state index contributed by atoms with van der Waals surface area (Å²) >= 11 is 0. The van der Waals surface area contributed by atoms with E-state index < -0.39 is 12.7 Å². The van der Waals surface area contributed by atoms with Crippen LogP contribution in [0.1, 0.15) is 71.1 Å². The molecule has 2 amide bonds. The summed E-state index contributed by atoms with van der Waals surface area (Å²) < 4.78 is 0. The van der Waals surface area contributed by atoms with Gasteiger partial charge in [-0.2, -0.15) is 0 Å². The second-order valence-electron chi connectivity index (χ2n) is 11.4. The van der Waals surface area contributed by atoms with Crippen LogP contribution in [-0.2, 0) is 9.59 Å². The number of rotatable bonds is 9. The third kappa shape index (κ3) is 5.58. The molecule has 7 nitrogen and oxygen atoms in total. The number of primary amides is 1. The van der Waals surface area contributed by atoms with E-state index in [2.05, 4.69) is 17.9 Å². The number of fused-ring (bicyclic) bond motifs is 2. The molecule has 4 aliphatic rings. The fourth-order valence-corrected chi connectivity index (χ4v) is 7.04. The smallest absolute Gasteiger partial charge is 0.253 e. The van der Waals surface area contributed by atoms with Gasteiger partial charge in [-0.15, -0.1) is 0 Å². The van der Waals surface area contributed by atoms with E-state index in [4.69, 9.17) is 5.73 Å². The van der Waals surface area contributed by atoms with Crippen molar-refractivity contribution >= 4 is 11.8 Å². The summed E-state index contributed by atoms with van der Waals surface area (Å²) in [5.74, 6) is 0.359. The van der Waals surface area contributed by atoms with Gasteiger partial charge in [-0.05, 0) is 62.2 Å². The molecule has 2 aliphatic heterocycles. The van der Waals surface area contributed by atoms with Gasteiger partial charge in [-0.1, -0.05) is 44.4 Å². The maximum absolute atomic E-state index is 12.8. The van der Waals surface area contributed by atoms with E-state index in [-0.39, 0.29) is 17.2 Å². The molecule has 3 fully saturated rings. The first-order valence-electron chi connectivity index (χ1n) is 13.3. The highest BCUT2D eigenvalue weighted by atomic mass is 16.3. The zero-order valence-corrected chi connectivity index (χ0v) is 20.7. The lowest BCUT2D eigenvalue weighted by Gasteiger charge is -2.46. The van der Waals surface area contributed by atoms with Crippen LogP contribution >= 0.6 is 0 Å². The highest BCUT2D eigenvalue weighted by Gasteiger charge is 2.46. The number of hydrogen-bond acceptors (Lipinski definition) is 5. The Balaban J connectivity index is 1.37. The number of nitrogens with two attached hydrogens (primary N) is 1. The summed E-state index contributed by atoms with van der Waals surface area (Å²) in [6, 6.07) is 0.984. The number of allylic oxidation sites excluding steroid dienone is 3. The molecule has 0 spiro atoms. The van der Waals surface area contributed by atoms with Crippen LogP contribution in [0.3, 0.4) is 0 Å². The molecule has 2 saturated heterocycles. The predicted octanol–water partition coefficient (Wildman–Crippen LogP) is 2.37. The topological polar surface area (TPSA) is 107 Å². The van der Waals surface area contributed by atoms with E-state index in [1.807, 2.05) is 17.1 Å². The van der Waals surface area contributed by atoms with Gasteiger partial charge in [0.05, 0.1) is 6.61 Å². The van der Waals surface area contributed by atoms with Crippen molar-refractivity contribution in [2.75, 3.05) is 26.2 Å². The Labute approximate surface area is 204 Å². The lowest BCUT2D eigenvalue weighted by Crippen LogP contribution is -2.51. The Morgan fingerprint density at radius 2 is 1.85 bits per heavy atom. The molecule has 2 bridgehead atoms. The molecule has 2 aliphatic carbocycles. The van der Waals surface area contributed by atoms with Crippen molar-refractivity contribution in [2.24, 2.45) is 23.0 Å². The average molecular weight is 474 g/mol. The zero-order chi connectivity index (χ0) is 24.3. The first-order valence-corrected chi connectivity index (χ1v) is 13.3. The molecular formula is C27H43N3O4. The van der Waals surface area contributed by atoms with Crippen LogP contribution < -0.4 is 5.73 Å². The van der Waals surface area contributed by atoms with Gasteiger partial charge in [-0.3, -0.25) is 14.5 Å². The Kier molecular flexibility index (Phi) is 8.16. The molecule has 4 rings (SSSR count). The summed E-state index contributed by atoms with van der Waals surface area (Å²) in [4.78, 5) is 29.0. The number of carbonyl (C=O) groups excluding carboxylic acids is 2. The number of hydrogen-bond donors (Lipinski definition) is 3. The van der Waals surface area contributed by atoms with Crippen LogP contribution in [0.25, 0.3) is 0 Å². The SMILES string of the molecule is CC1([C@H]2C[C@H]3CC[C@@H](C2)N3CCN(CC2CCCCC2)C(=O)[C@@H](O)CO)C=CC=C(C(N)=O)C1. The van der Waals surface area contributed by atoms with Gasteiger partial charge in [-0.25, -0.2) is 0 Å². The molecule has 1 unspecified atom stereocenters. The summed E-state index contributed by atoms with van der Waals surface area (Å²) in [7, 11) is 0. The van der Waals surface area contributed by atoms with E-state index in [1.54, 1.807) is 0 Å². The zero-order valence-electron chi connectivity index (χ0n) is 20.7. The molecule has 0 radical (unpaired) electrons. The number of amides is 2. The van der Waals surface area contributed by atoms with E-state index in [1.165, 1.54) is 32.1 Å². The lowest BCUT2D eigenvalue weighted by molar-refractivity contribution is -0.143. The highest BCUT2D eigenvalue weighted by Crippen LogP contribution is 2.49. The van der Waals surface area contributed by atoms with Gasteiger partial charge in [0, 0.05) is 37.3 Å². The Morgan fingerprint density at radius 3 is 2.47 bits per heavy atom. The van der Waals surface area contributed by atoms with Crippen LogP contribution in [-0.4, -0.2) is 76.3 Å². The van der Waals surface area contributed by atoms with Gasteiger partial charge in [0.2, 0.25) is 5.91 Å². The number of aliphatic hydroxyl groups is 2. The van der Waals surface area contributed by atoms with Crippen molar-refractivity contribution in [3.8, 4) is 0 Å². The summed E-state index contributed by atoms with van der Waals surface area (Å²) in [6.45, 7) is 3.85. The van der Waals surface area contributed by atoms with Crippen molar-refractivity contribution in [3.63, 3.8) is 0 Å². The van der Waals surface area contributed by atoms with Gasteiger partial charge >= 0.3 is 0 Å². The number of carbonyl (C=O) groups is 2. The van der Waals surface area contributed by atoms with E-state index in [9.17, 15) is 19.8 Å². The Morgan fingerprint density at radius 1 is 1.18 bits per heavy atom. The van der Waals surface area contributed by atoms with E-state index in [0.29, 0.717) is 43.4 Å². The number of piperidine rings is 1. The van der Waals surface area contributed by atoms with E-state index >= 15 is 0 Å². The van der Waals surface area contributed by atoms with Crippen LogP contribution in [0, 0.1) is 17.3 Å². The molecule has 0 aromatic heterocycles. The largest absolute Gasteiger partial charge is 0.393 e. The molecule has 190 valence electrons. The minimum Gasteiger partial charge on any atom is -0.393 e. The third-order valence-electron chi connectivity index (χ3n) is 9.08. The van der Waals surface area contributed by atoms with Crippen LogP contribution in [0.5, 0.6) is 0 Å². The van der Waals surface area contributed by atoms with E-state index in [0.717, 1.165) is 37.8 Å². The van der Waals surface area contributed by atoms with Crippen LogP contribution in [0.2, 0.25) is 0 Å². The fraction of sp³-hybridized carbons (Fsp3) is 0.778. The molecule has 7 heteroatoms. The molecular weight excluding hydrogens is 430 g/mol. The van der Waals surface area contributed by atoms with Crippen molar-refractivity contribution < 1.29 is 19.8 Å². The fourth-order valence-electron chi connectivity index (χ4n) is 7.04. The predicted molar refractivity (Wildman–Crippen MR) is 132 cm³/mol. The van der Waals surface area contributed by atoms with Crippen molar-refractivity contribution in [2.45, 2.75) is 89.3 Å². The molecule has 1 saturated carbocycles. The van der Waals surface area contributed by atoms with Crippen molar-refractivity contribution in [3.05, 3.63) is 23.8 Å². The molecule has 4 N–H and O–H groups in total. The number of nitrogens with zero attached hydrogens (tertiary/aromatic N) is 2. The summed E-state index contributed by atoms with van der Waals surface area (Å²) in [5.41, 5.74) is 6.26. The molecule has 34 heavy (non-hydrogen) atoms. The second kappa shape index (κ2) is 10.9. The summed E-state index contributed by atoms with van der Waals surface area (Å²) in [5, 5.41) is 19.4. The lowest BCUT2D eigenvalue weighted by atomic mass is 9.65. The maximum atomic E-state index is 12.8. The molecule has 0 aromatic rings. The maximum Gasteiger partial charge on any atom is 0.253 e. The Hall–Kier alpha value is -1.70. The second-order valence-corrected chi connectivity index (χ2v) is 11.4. The Bertz CT molecular complexity index is 792. The summed E-state index contributed by atoms with van der Waals surface area (Å²) in [6.07, 6.45) is 16.0. The first-order chi connectivity index (χ1) is 16.3. The highest BCUT2D eigenvalue weighted by molar-refractivity contribution is 5.92. The monoisotopic (exact) mass is 473 g/mol. The molecule has 0 aromatic carbocycles. The molecule has 2 heterocycles. The quantitative estimate of drug-likeness (QED) is 0.477. The van der Waals surface area contributed by atoms with Crippen LogP contribution in [0.15, 0.2) is 23.8 Å². The minimum absolute atomic E-state index is 0.0414.